The molecule has 0 aliphatic heterocycles. The minimum Gasteiger partial charge on any atom is -0.480 e. The lowest BCUT2D eigenvalue weighted by Crippen LogP contribution is -2.41. The van der Waals surface area contributed by atoms with Gasteiger partial charge in [0.05, 0.1) is 6.20 Å². The number of amides is 1. The maximum atomic E-state index is 11.9. The highest BCUT2D eigenvalue weighted by atomic mass is 16.4. The Hall–Kier alpha value is -1.96. The van der Waals surface area contributed by atoms with Crippen molar-refractivity contribution in [3.05, 3.63) is 11.9 Å². The number of hydrogen-bond acceptors (Lipinski definition) is 5. The van der Waals surface area contributed by atoms with E-state index in [2.05, 4.69) is 34.5 Å². The molecule has 1 fully saturated rings. The SMILES string of the molecule is CC(CNC(=O)c1cn(CC(=O)O)nn1)N(C)C1CC1. The third kappa shape index (κ3) is 3.77. The van der Waals surface area contributed by atoms with Crippen LogP contribution in [0.25, 0.3) is 0 Å². The number of nitrogens with one attached hydrogen (secondary N) is 1. The zero-order valence-electron chi connectivity index (χ0n) is 11.6. The maximum absolute atomic E-state index is 11.9. The van der Waals surface area contributed by atoms with Crippen LogP contribution < -0.4 is 5.32 Å². The molecule has 1 saturated carbocycles. The lowest BCUT2D eigenvalue weighted by atomic mass is 10.3. The number of carbonyl (C=O) groups excluding carboxylic acids is 1. The predicted octanol–water partition coefficient (Wildman–Crippen LogP) is -0.425. The standard InChI is InChI=1S/C12H19N5O3/c1-8(16(2)9-3-4-9)5-13-12(20)10-6-17(15-14-10)7-11(18)19/h6,8-9H,3-5,7H2,1-2H3,(H,13,20)(H,18,19). The Balaban J connectivity index is 1.81. The largest absolute Gasteiger partial charge is 0.480 e. The Morgan fingerprint density at radius 2 is 2.30 bits per heavy atom. The van der Waals surface area contributed by atoms with Gasteiger partial charge in [0.15, 0.2) is 5.69 Å². The molecule has 0 spiro atoms. The molecule has 2 rings (SSSR count). The number of carbonyl (C=O) groups is 2. The second-order valence-electron chi connectivity index (χ2n) is 5.15. The van der Waals surface area contributed by atoms with Gasteiger partial charge in [-0.3, -0.25) is 14.5 Å². The Morgan fingerprint density at radius 1 is 1.60 bits per heavy atom. The number of hydrogen-bond donors (Lipinski definition) is 2. The van der Waals surface area contributed by atoms with Crippen LogP contribution in [0, 0.1) is 0 Å². The van der Waals surface area contributed by atoms with Gasteiger partial charge in [-0.05, 0) is 26.8 Å². The van der Waals surface area contributed by atoms with Gasteiger partial charge in [0.25, 0.3) is 5.91 Å². The zero-order valence-corrected chi connectivity index (χ0v) is 11.6. The van der Waals surface area contributed by atoms with Gasteiger partial charge in [0.1, 0.15) is 6.54 Å². The summed E-state index contributed by atoms with van der Waals surface area (Å²) in [5.74, 6) is -1.36. The molecule has 0 radical (unpaired) electrons. The first-order valence-corrected chi connectivity index (χ1v) is 6.59. The topological polar surface area (TPSA) is 100 Å². The molecule has 0 saturated heterocycles. The second-order valence-corrected chi connectivity index (χ2v) is 5.15. The molecule has 2 N–H and O–H groups in total. The molecular weight excluding hydrogens is 262 g/mol. The first-order chi connectivity index (χ1) is 9.47. The number of likely N-dealkylation sites (N-methyl/N-ethyl adjacent to an activating group) is 1. The summed E-state index contributed by atoms with van der Waals surface area (Å²) >= 11 is 0. The van der Waals surface area contributed by atoms with E-state index in [9.17, 15) is 9.59 Å². The van der Waals surface area contributed by atoms with Crippen molar-refractivity contribution < 1.29 is 14.7 Å². The number of aromatic nitrogens is 3. The molecule has 1 aromatic rings. The van der Waals surface area contributed by atoms with Crippen molar-refractivity contribution in [2.75, 3.05) is 13.6 Å². The highest BCUT2D eigenvalue weighted by molar-refractivity contribution is 5.91. The van der Waals surface area contributed by atoms with Crippen LogP contribution >= 0.6 is 0 Å². The van der Waals surface area contributed by atoms with Gasteiger partial charge in [-0.15, -0.1) is 5.10 Å². The van der Waals surface area contributed by atoms with Crippen LogP contribution in [0.5, 0.6) is 0 Å². The Morgan fingerprint density at radius 3 is 2.90 bits per heavy atom. The van der Waals surface area contributed by atoms with Crippen LogP contribution in [0.4, 0.5) is 0 Å². The summed E-state index contributed by atoms with van der Waals surface area (Å²) in [5, 5.41) is 18.7. The van der Waals surface area contributed by atoms with E-state index in [4.69, 9.17) is 5.11 Å². The molecule has 1 unspecified atom stereocenters. The fourth-order valence-corrected chi connectivity index (χ4v) is 1.93. The van der Waals surface area contributed by atoms with E-state index in [1.165, 1.54) is 19.0 Å². The molecule has 1 aromatic heterocycles. The minimum atomic E-state index is -1.03. The minimum absolute atomic E-state index is 0.132. The highest BCUT2D eigenvalue weighted by Crippen LogP contribution is 2.26. The first-order valence-electron chi connectivity index (χ1n) is 6.59. The smallest absolute Gasteiger partial charge is 0.325 e. The van der Waals surface area contributed by atoms with Crippen molar-refractivity contribution in [2.24, 2.45) is 0 Å². The van der Waals surface area contributed by atoms with Gasteiger partial charge in [-0.25, -0.2) is 4.68 Å². The average Bonchev–Trinajstić information content (AvgIpc) is 3.14. The van der Waals surface area contributed by atoms with E-state index in [0.717, 1.165) is 4.68 Å². The molecular formula is C12H19N5O3. The number of nitrogens with zero attached hydrogens (tertiary/aromatic N) is 4. The van der Waals surface area contributed by atoms with Crippen LogP contribution in [0.3, 0.4) is 0 Å². The predicted molar refractivity (Wildman–Crippen MR) is 70.2 cm³/mol. The van der Waals surface area contributed by atoms with Crippen molar-refractivity contribution in [1.29, 1.82) is 0 Å². The molecule has 1 aliphatic rings. The number of carboxylic acid groups (broad SMARTS) is 1. The third-order valence-electron chi connectivity index (χ3n) is 3.44. The summed E-state index contributed by atoms with van der Waals surface area (Å²) in [6, 6.07) is 0.888. The fourth-order valence-electron chi connectivity index (χ4n) is 1.93. The van der Waals surface area contributed by atoms with Gasteiger partial charge in [0.2, 0.25) is 0 Å². The maximum Gasteiger partial charge on any atom is 0.325 e. The summed E-state index contributed by atoms with van der Waals surface area (Å²) in [6.45, 7) is 2.28. The lowest BCUT2D eigenvalue weighted by molar-refractivity contribution is -0.137. The van der Waals surface area contributed by atoms with E-state index in [-0.39, 0.29) is 24.2 Å². The number of aliphatic carboxylic acids is 1. The summed E-state index contributed by atoms with van der Waals surface area (Å²) in [7, 11) is 2.05. The van der Waals surface area contributed by atoms with E-state index < -0.39 is 5.97 Å². The fraction of sp³-hybridized carbons (Fsp3) is 0.667. The summed E-state index contributed by atoms with van der Waals surface area (Å²) < 4.78 is 1.12. The van der Waals surface area contributed by atoms with Gasteiger partial charge in [-0.2, -0.15) is 0 Å². The van der Waals surface area contributed by atoms with Crippen LogP contribution in [-0.2, 0) is 11.3 Å². The van der Waals surface area contributed by atoms with Crippen LogP contribution in [0.15, 0.2) is 6.20 Å². The van der Waals surface area contributed by atoms with Gasteiger partial charge in [0, 0.05) is 18.6 Å². The van der Waals surface area contributed by atoms with E-state index in [1.54, 1.807) is 0 Å². The second kappa shape index (κ2) is 6.00. The first kappa shape index (κ1) is 14.4. The van der Waals surface area contributed by atoms with Gasteiger partial charge >= 0.3 is 5.97 Å². The Bertz CT molecular complexity index is 497. The zero-order chi connectivity index (χ0) is 14.7. The van der Waals surface area contributed by atoms with Gasteiger partial charge in [-0.1, -0.05) is 5.21 Å². The van der Waals surface area contributed by atoms with E-state index in [0.29, 0.717) is 12.6 Å². The van der Waals surface area contributed by atoms with Crippen molar-refractivity contribution in [3.63, 3.8) is 0 Å². The molecule has 8 heteroatoms. The van der Waals surface area contributed by atoms with Crippen molar-refractivity contribution in [1.82, 2.24) is 25.2 Å². The molecule has 1 atom stereocenters. The van der Waals surface area contributed by atoms with Crippen molar-refractivity contribution in [3.8, 4) is 0 Å². The molecule has 1 aliphatic carbocycles. The Kier molecular flexibility index (Phi) is 4.33. The third-order valence-corrected chi connectivity index (χ3v) is 3.44. The summed E-state index contributed by atoms with van der Waals surface area (Å²) in [4.78, 5) is 24.6. The molecule has 20 heavy (non-hydrogen) atoms. The summed E-state index contributed by atoms with van der Waals surface area (Å²) in [6.07, 6.45) is 3.77. The van der Waals surface area contributed by atoms with E-state index >= 15 is 0 Å². The van der Waals surface area contributed by atoms with E-state index in [1.807, 2.05) is 0 Å². The van der Waals surface area contributed by atoms with Crippen molar-refractivity contribution >= 4 is 11.9 Å². The highest BCUT2D eigenvalue weighted by Gasteiger charge is 2.29. The number of carboxylic acids is 1. The van der Waals surface area contributed by atoms with Crippen molar-refractivity contribution in [2.45, 2.75) is 38.4 Å². The molecule has 110 valence electrons. The molecule has 1 heterocycles. The number of rotatable bonds is 7. The normalized spacial score (nSPS) is 16.1. The summed E-state index contributed by atoms with van der Waals surface area (Å²) in [5.41, 5.74) is 0.132. The Labute approximate surface area is 116 Å². The quantitative estimate of drug-likeness (QED) is 0.704. The average molecular weight is 281 g/mol. The van der Waals surface area contributed by atoms with Crippen LogP contribution in [-0.4, -0.2) is 62.6 Å². The monoisotopic (exact) mass is 281 g/mol. The molecule has 0 bridgehead atoms. The van der Waals surface area contributed by atoms with Crippen LogP contribution in [0.2, 0.25) is 0 Å². The molecule has 0 aromatic carbocycles. The molecule has 8 nitrogen and oxygen atoms in total. The lowest BCUT2D eigenvalue weighted by Gasteiger charge is -2.24. The molecule has 1 amide bonds. The van der Waals surface area contributed by atoms with Gasteiger partial charge < -0.3 is 10.4 Å². The van der Waals surface area contributed by atoms with Crippen LogP contribution in [0.1, 0.15) is 30.3 Å².